The molecule has 0 aliphatic carbocycles. The van der Waals surface area contributed by atoms with E-state index < -0.39 is 10.0 Å². The SMILES string of the molecule is Cc1ccc(Cl)cc1N(Cc1ccc(C(=O)NCCSC(C)(C)C)cc1)S(=O)(=O)c1ccccc1. The summed E-state index contributed by atoms with van der Waals surface area (Å²) >= 11 is 8.02. The normalized spacial score (nSPS) is 11.8. The average Bonchev–Trinajstić information content (AvgIpc) is 2.82. The molecule has 0 saturated heterocycles. The molecule has 35 heavy (non-hydrogen) atoms. The molecule has 0 unspecified atom stereocenters. The van der Waals surface area contributed by atoms with Gasteiger partial charge in [0.15, 0.2) is 0 Å². The second kappa shape index (κ2) is 11.5. The molecule has 8 heteroatoms. The molecule has 3 rings (SSSR count). The van der Waals surface area contributed by atoms with Crippen LogP contribution in [0.2, 0.25) is 5.02 Å². The number of anilines is 1. The highest BCUT2D eigenvalue weighted by Crippen LogP contribution is 2.31. The van der Waals surface area contributed by atoms with Crippen molar-refractivity contribution in [2.45, 2.75) is 43.9 Å². The van der Waals surface area contributed by atoms with Gasteiger partial charge in [0.2, 0.25) is 0 Å². The van der Waals surface area contributed by atoms with Crippen LogP contribution in [0.1, 0.15) is 42.3 Å². The van der Waals surface area contributed by atoms with Crippen molar-refractivity contribution < 1.29 is 13.2 Å². The van der Waals surface area contributed by atoms with Crippen molar-refractivity contribution in [3.63, 3.8) is 0 Å². The fraction of sp³-hybridized carbons (Fsp3) is 0.296. The van der Waals surface area contributed by atoms with Crippen LogP contribution in [-0.2, 0) is 16.6 Å². The summed E-state index contributed by atoms with van der Waals surface area (Å²) in [5.74, 6) is 0.684. The van der Waals surface area contributed by atoms with Gasteiger partial charge >= 0.3 is 0 Å². The molecule has 0 bridgehead atoms. The van der Waals surface area contributed by atoms with E-state index in [-0.39, 0.29) is 22.1 Å². The standard InChI is InChI=1S/C27H31ClN2O3S2/c1-20-10-15-23(28)18-25(20)30(35(32,33)24-8-6-5-7-9-24)19-21-11-13-22(14-12-21)26(31)29-16-17-34-27(2,3)4/h5-15,18H,16-17,19H2,1-4H3,(H,29,31). The fourth-order valence-electron chi connectivity index (χ4n) is 3.42. The molecule has 0 saturated carbocycles. The Morgan fingerprint density at radius 1 is 1.00 bits per heavy atom. The van der Waals surface area contributed by atoms with E-state index in [1.54, 1.807) is 84.6 Å². The lowest BCUT2D eigenvalue weighted by Gasteiger charge is -2.26. The van der Waals surface area contributed by atoms with Gasteiger partial charge in [-0.1, -0.05) is 68.8 Å². The van der Waals surface area contributed by atoms with Gasteiger partial charge in [0.25, 0.3) is 15.9 Å². The minimum atomic E-state index is -3.85. The smallest absolute Gasteiger partial charge is 0.264 e. The quantitative estimate of drug-likeness (QED) is 0.329. The van der Waals surface area contributed by atoms with E-state index >= 15 is 0 Å². The van der Waals surface area contributed by atoms with Crippen LogP contribution < -0.4 is 9.62 Å². The molecule has 5 nitrogen and oxygen atoms in total. The van der Waals surface area contributed by atoms with Crippen molar-refractivity contribution in [1.82, 2.24) is 5.32 Å². The molecule has 0 heterocycles. The lowest BCUT2D eigenvalue weighted by molar-refractivity contribution is 0.0956. The molecule has 0 atom stereocenters. The maximum absolute atomic E-state index is 13.6. The highest BCUT2D eigenvalue weighted by molar-refractivity contribution is 8.00. The summed E-state index contributed by atoms with van der Waals surface area (Å²) in [4.78, 5) is 12.7. The van der Waals surface area contributed by atoms with Gasteiger partial charge in [0.1, 0.15) is 0 Å². The van der Waals surface area contributed by atoms with E-state index in [0.29, 0.717) is 22.8 Å². The molecule has 3 aromatic rings. The highest BCUT2D eigenvalue weighted by atomic mass is 35.5. The van der Waals surface area contributed by atoms with Crippen molar-refractivity contribution in [1.29, 1.82) is 0 Å². The van der Waals surface area contributed by atoms with Crippen LogP contribution in [0.5, 0.6) is 0 Å². The molecule has 1 N–H and O–H groups in total. The molecular weight excluding hydrogens is 500 g/mol. The third-order valence-corrected chi connectivity index (χ3v) is 8.52. The third-order valence-electron chi connectivity index (χ3n) is 5.24. The van der Waals surface area contributed by atoms with Crippen LogP contribution in [-0.4, -0.2) is 31.4 Å². The van der Waals surface area contributed by atoms with Gasteiger partial charge < -0.3 is 5.32 Å². The maximum Gasteiger partial charge on any atom is 0.264 e. The van der Waals surface area contributed by atoms with Crippen molar-refractivity contribution in [2.24, 2.45) is 0 Å². The van der Waals surface area contributed by atoms with Gasteiger partial charge in [-0.2, -0.15) is 11.8 Å². The second-order valence-corrected chi connectivity index (χ2v) is 13.4. The number of nitrogens with one attached hydrogen (secondary N) is 1. The number of amides is 1. The lowest BCUT2D eigenvalue weighted by atomic mass is 10.1. The van der Waals surface area contributed by atoms with Crippen LogP contribution >= 0.6 is 23.4 Å². The van der Waals surface area contributed by atoms with Gasteiger partial charge in [-0.15, -0.1) is 0 Å². The number of halogens is 1. The summed E-state index contributed by atoms with van der Waals surface area (Å²) < 4.78 is 28.7. The first kappa shape index (κ1) is 27.1. The van der Waals surface area contributed by atoms with Crippen LogP contribution in [0.4, 0.5) is 5.69 Å². The van der Waals surface area contributed by atoms with E-state index in [1.807, 2.05) is 6.92 Å². The Hall–Kier alpha value is -2.48. The Balaban J connectivity index is 1.82. The van der Waals surface area contributed by atoms with E-state index in [4.69, 9.17) is 11.6 Å². The predicted octanol–water partition coefficient (Wildman–Crippen LogP) is 6.31. The molecular formula is C27H31ClN2O3S2. The number of nitrogens with zero attached hydrogens (tertiary/aromatic N) is 1. The number of carbonyl (C=O) groups is 1. The van der Waals surface area contributed by atoms with E-state index in [0.717, 1.165) is 16.9 Å². The Labute approximate surface area is 217 Å². The molecule has 0 fully saturated rings. The molecule has 186 valence electrons. The Kier molecular flexibility index (Phi) is 8.91. The second-order valence-electron chi connectivity index (χ2n) is 9.17. The van der Waals surface area contributed by atoms with Crippen LogP contribution in [0.3, 0.4) is 0 Å². The first-order valence-electron chi connectivity index (χ1n) is 11.3. The molecule has 0 radical (unpaired) electrons. The minimum absolute atomic E-state index is 0.0997. The summed E-state index contributed by atoms with van der Waals surface area (Å²) in [6.45, 7) is 8.96. The summed E-state index contributed by atoms with van der Waals surface area (Å²) in [5.41, 5.74) is 2.59. The number of sulfonamides is 1. The fourth-order valence-corrected chi connectivity index (χ4v) is 5.93. The van der Waals surface area contributed by atoms with Crippen molar-refractivity contribution in [3.05, 3.63) is 94.5 Å². The van der Waals surface area contributed by atoms with Crippen molar-refractivity contribution in [2.75, 3.05) is 16.6 Å². The number of aryl methyl sites for hydroxylation is 1. The monoisotopic (exact) mass is 530 g/mol. The Morgan fingerprint density at radius 3 is 2.29 bits per heavy atom. The largest absolute Gasteiger partial charge is 0.351 e. The van der Waals surface area contributed by atoms with E-state index in [9.17, 15) is 13.2 Å². The summed E-state index contributed by atoms with van der Waals surface area (Å²) in [5, 5.41) is 3.39. The average molecular weight is 531 g/mol. The zero-order valence-electron chi connectivity index (χ0n) is 20.4. The molecule has 0 aliphatic heterocycles. The number of hydrogen-bond acceptors (Lipinski definition) is 4. The topological polar surface area (TPSA) is 66.5 Å². The minimum Gasteiger partial charge on any atom is -0.351 e. The first-order valence-corrected chi connectivity index (χ1v) is 14.1. The van der Waals surface area contributed by atoms with Crippen LogP contribution in [0.25, 0.3) is 0 Å². The van der Waals surface area contributed by atoms with Gasteiger partial charge in [-0.3, -0.25) is 9.10 Å². The van der Waals surface area contributed by atoms with E-state index in [1.165, 1.54) is 4.31 Å². The van der Waals surface area contributed by atoms with Crippen molar-refractivity contribution >= 4 is 45.0 Å². The third kappa shape index (κ3) is 7.50. The summed E-state index contributed by atoms with van der Waals surface area (Å²) in [6.07, 6.45) is 0. The van der Waals surface area contributed by atoms with Gasteiger partial charge in [0.05, 0.1) is 17.1 Å². The Bertz CT molecular complexity index is 1260. The number of benzene rings is 3. The number of rotatable bonds is 9. The zero-order chi connectivity index (χ0) is 25.6. The first-order chi connectivity index (χ1) is 16.5. The lowest BCUT2D eigenvalue weighted by Crippen LogP contribution is -2.31. The highest BCUT2D eigenvalue weighted by Gasteiger charge is 2.26. The van der Waals surface area contributed by atoms with E-state index in [2.05, 4.69) is 26.1 Å². The number of carbonyl (C=O) groups excluding carboxylic acids is 1. The molecule has 1 amide bonds. The molecule has 3 aromatic carbocycles. The number of hydrogen-bond donors (Lipinski definition) is 1. The Morgan fingerprint density at radius 2 is 1.66 bits per heavy atom. The summed E-state index contributed by atoms with van der Waals surface area (Å²) in [6, 6.07) is 20.5. The van der Waals surface area contributed by atoms with Crippen LogP contribution in [0.15, 0.2) is 77.7 Å². The zero-order valence-corrected chi connectivity index (χ0v) is 22.8. The molecule has 0 spiro atoms. The summed E-state index contributed by atoms with van der Waals surface area (Å²) in [7, 11) is -3.85. The molecule has 0 aliphatic rings. The van der Waals surface area contributed by atoms with Gasteiger partial charge in [-0.05, 0) is 54.4 Å². The van der Waals surface area contributed by atoms with Crippen LogP contribution in [0, 0.1) is 6.92 Å². The van der Waals surface area contributed by atoms with Gasteiger partial charge in [0, 0.05) is 27.6 Å². The van der Waals surface area contributed by atoms with Crippen molar-refractivity contribution in [3.8, 4) is 0 Å². The van der Waals surface area contributed by atoms with Gasteiger partial charge in [-0.25, -0.2) is 8.42 Å². The maximum atomic E-state index is 13.6. The predicted molar refractivity (Wildman–Crippen MR) is 147 cm³/mol. The number of thioether (sulfide) groups is 1. The molecule has 0 aromatic heterocycles.